The third-order valence-corrected chi connectivity index (χ3v) is 9.06. The van der Waals surface area contributed by atoms with Crippen molar-refractivity contribution in [3.8, 4) is 50.5 Å². The van der Waals surface area contributed by atoms with Crippen LogP contribution in [-0.2, 0) is 16.2 Å². The zero-order valence-electron chi connectivity index (χ0n) is 30.5. The molecule has 0 spiro atoms. The number of benzene rings is 4. The van der Waals surface area contributed by atoms with Gasteiger partial charge in [-0.25, -0.2) is 4.98 Å². The summed E-state index contributed by atoms with van der Waals surface area (Å²) < 4.78 is 0. The Morgan fingerprint density at radius 1 is 0.551 bits per heavy atom. The smallest absolute Gasteiger partial charge is 0.124 e. The van der Waals surface area contributed by atoms with Gasteiger partial charge in [0.25, 0.3) is 0 Å². The Balaban J connectivity index is 1.72. The van der Waals surface area contributed by atoms with Crippen LogP contribution < -0.4 is 11.5 Å². The molecule has 0 aliphatic carbocycles. The second kappa shape index (κ2) is 13.4. The minimum atomic E-state index is -0.0321. The lowest BCUT2D eigenvalue weighted by atomic mass is 9.79. The number of aromatic hydroxyl groups is 1. The van der Waals surface area contributed by atoms with Crippen LogP contribution in [0.2, 0.25) is 0 Å². The van der Waals surface area contributed by atoms with Crippen molar-refractivity contribution in [3.05, 3.63) is 132 Å². The Bertz CT molecular complexity index is 2010. The maximum Gasteiger partial charge on any atom is 0.124 e. The molecule has 0 saturated heterocycles. The van der Waals surface area contributed by atoms with Crippen molar-refractivity contribution in [1.82, 2.24) is 4.98 Å². The molecule has 0 aliphatic rings. The molecule has 4 aromatic carbocycles. The summed E-state index contributed by atoms with van der Waals surface area (Å²) in [6.07, 6.45) is 7.34. The zero-order valence-corrected chi connectivity index (χ0v) is 30.5. The Morgan fingerprint density at radius 3 is 1.76 bits per heavy atom. The predicted molar refractivity (Wildman–Crippen MR) is 211 cm³/mol. The first-order valence-corrected chi connectivity index (χ1v) is 17.0. The highest BCUT2D eigenvalue weighted by atomic mass is 16.3. The summed E-state index contributed by atoms with van der Waals surface area (Å²) in [7, 11) is 0. The highest BCUT2D eigenvalue weighted by molar-refractivity contribution is 5.87. The molecule has 0 unspecified atom stereocenters. The highest BCUT2D eigenvalue weighted by Gasteiger charge is 2.22. The summed E-state index contributed by atoms with van der Waals surface area (Å²) >= 11 is 0. The number of pyridine rings is 1. The van der Waals surface area contributed by atoms with Gasteiger partial charge in [-0.1, -0.05) is 129 Å². The minimum Gasteiger partial charge on any atom is -0.507 e. The van der Waals surface area contributed by atoms with E-state index in [0.717, 1.165) is 39.1 Å². The maximum atomic E-state index is 10.9. The topological polar surface area (TPSA) is 85.2 Å². The van der Waals surface area contributed by atoms with Gasteiger partial charge in [0.2, 0.25) is 0 Å². The van der Waals surface area contributed by atoms with Crippen LogP contribution >= 0.6 is 0 Å². The monoisotopic (exact) mass is 649 g/mol. The van der Waals surface area contributed by atoms with Crippen LogP contribution in [0.15, 0.2) is 109 Å². The molecule has 49 heavy (non-hydrogen) atoms. The molecular weight excluding hydrogens is 599 g/mol. The molecule has 0 amide bonds. The van der Waals surface area contributed by atoms with Crippen molar-refractivity contribution in [2.45, 2.75) is 78.6 Å². The van der Waals surface area contributed by atoms with Crippen molar-refractivity contribution in [2.75, 3.05) is 5.73 Å². The molecule has 0 radical (unpaired) electrons. The number of anilines is 1. The van der Waals surface area contributed by atoms with Crippen molar-refractivity contribution >= 4 is 11.8 Å². The van der Waals surface area contributed by atoms with Crippen molar-refractivity contribution in [1.29, 1.82) is 0 Å². The van der Waals surface area contributed by atoms with E-state index >= 15 is 0 Å². The minimum absolute atomic E-state index is 0.0240. The average molecular weight is 650 g/mol. The van der Waals surface area contributed by atoms with E-state index in [1.54, 1.807) is 6.07 Å². The van der Waals surface area contributed by atoms with Crippen LogP contribution in [0, 0.1) is 0 Å². The Labute approximate surface area is 293 Å². The number of nitrogens with zero attached hydrogens (tertiary/aromatic N) is 1. The lowest BCUT2D eigenvalue weighted by molar-refractivity contribution is 0.477. The Hall–Kier alpha value is -5.09. The second-order valence-electron chi connectivity index (χ2n) is 16.0. The maximum absolute atomic E-state index is 10.9. The average Bonchev–Trinajstić information content (AvgIpc) is 3.03. The molecule has 5 aromatic rings. The molecule has 0 aliphatic heterocycles. The van der Waals surface area contributed by atoms with Crippen molar-refractivity contribution in [3.63, 3.8) is 0 Å². The van der Waals surface area contributed by atoms with Crippen LogP contribution in [0.3, 0.4) is 0 Å². The first-order chi connectivity index (χ1) is 23.0. The summed E-state index contributed by atoms with van der Waals surface area (Å²) in [5.41, 5.74) is 25.1. The molecule has 1 heterocycles. The molecule has 4 heteroatoms. The number of para-hydroxylation sites is 1. The van der Waals surface area contributed by atoms with Crippen LogP contribution in [0.5, 0.6) is 5.75 Å². The van der Waals surface area contributed by atoms with E-state index in [1.807, 2.05) is 36.4 Å². The van der Waals surface area contributed by atoms with Crippen molar-refractivity contribution < 1.29 is 5.11 Å². The number of nitrogen functional groups attached to an aromatic ring is 1. The van der Waals surface area contributed by atoms with Crippen LogP contribution in [-0.4, -0.2) is 10.1 Å². The lowest BCUT2D eigenvalue weighted by Gasteiger charge is -2.26. The van der Waals surface area contributed by atoms with Gasteiger partial charge in [-0.05, 0) is 104 Å². The molecule has 0 saturated carbocycles. The highest BCUT2D eigenvalue weighted by Crippen LogP contribution is 2.40. The largest absolute Gasteiger partial charge is 0.507 e. The van der Waals surface area contributed by atoms with Gasteiger partial charge in [0.1, 0.15) is 5.75 Å². The van der Waals surface area contributed by atoms with Crippen molar-refractivity contribution in [2.24, 2.45) is 5.73 Å². The normalized spacial score (nSPS) is 12.7. The molecule has 1 aromatic heterocycles. The molecule has 0 fully saturated rings. The van der Waals surface area contributed by atoms with Gasteiger partial charge in [0.15, 0.2) is 0 Å². The number of phenols is 1. The third-order valence-electron chi connectivity index (χ3n) is 9.06. The standard InChI is InChI=1S/C45H51N3O/c1-43(2,3)33-19-17-29(14-12-13-21-46)38(28-33)36-20-18-30(24-39(36)47)40-25-32(26-41(48-40)37-15-10-11-16-42(37)49)31-22-34(44(4,5)6)27-35(23-31)45(7,8)9/h10-28,49H,46-47H2,1-9H3/b14-12?,21-13-. The molecule has 252 valence electrons. The van der Waals surface area contributed by atoms with Gasteiger partial charge >= 0.3 is 0 Å². The van der Waals surface area contributed by atoms with Crippen LogP contribution in [0.4, 0.5) is 5.69 Å². The number of hydrogen-bond acceptors (Lipinski definition) is 4. The van der Waals surface area contributed by atoms with E-state index in [9.17, 15) is 5.11 Å². The zero-order chi connectivity index (χ0) is 35.7. The van der Waals surface area contributed by atoms with Gasteiger partial charge in [-0.2, -0.15) is 0 Å². The summed E-state index contributed by atoms with van der Waals surface area (Å²) in [5, 5.41) is 10.9. The van der Waals surface area contributed by atoms with Gasteiger partial charge in [0.05, 0.1) is 11.4 Å². The third kappa shape index (κ3) is 7.97. The fourth-order valence-electron chi connectivity index (χ4n) is 5.93. The van der Waals surface area contributed by atoms with Crippen LogP contribution in [0.1, 0.15) is 84.6 Å². The van der Waals surface area contributed by atoms with Gasteiger partial charge in [-0.3, -0.25) is 0 Å². The quantitative estimate of drug-likeness (QED) is 0.126. The fraction of sp³-hybridized carbons (Fsp3) is 0.267. The first-order valence-electron chi connectivity index (χ1n) is 17.0. The molecule has 0 atom stereocenters. The van der Waals surface area contributed by atoms with Gasteiger partial charge in [-0.15, -0.1) is 0 Å². The molecular formula is C45H51N3O. The summed E-state index contributed by atoms with van der Waals surface area (Å²) in [4.78, 5) is 5.11. The molecule has 5 rings (SSSR count). The summed E-state index contributed by atoms with van der Waals surface area (Å²) in [6.45, 7) is 20.2. The van der Waals surface area contributed by atoms with E-state index in [4.69, 9.17) is 16.5 Å². The number of rotatable bonds is 6. The first kappa shape index (κ1) is 35.2. The van der Waals surface area contributed by atoms with Gasteiger partial charge in [0, 0.05) is 22.4 Å². The Kier molecular flexibility index (Phi) is 9.65. The summed E-state index contributed by atoms with van der Waals surface area (Å²) in [6, 6.07) is 31.3. The van der Waals surface area contributed by atoms with E-state index < -0.39 is 0 Å². The van der Waals surface area contributed by atoms with Gasteiger partial charge < -0.3 is 16.6 Å². The number of phenolic OH excluding ortho intramolecular Hbond substituents is 1. The van der Waals surface area contributed by atoms with E-state index in [0.29, 0.717) is 16.9 Å². The number of allylic oxidation sites excluding steroid dienone is 2. The number of nitrogens with two attached hydrogens (primary N) is 2. The molecule has 0 bridgehead atoms. The number of hydrogen-bond donors (Lipinski definition) is 3. The van der Waals surface area contributed by atoms with E-state index in [2.05, 4.69) is 129 Å². The lowest BCUT2D eigenvalue weighted by Crippen LogP contribution is -2.16. The molecule has 5 N–H and O–H groups in total. The number of aromatic nitrogens is 1. The Morgan fingerprint density at radius 2 is 1.16 bits per heavy atom. The summed E-state index contributed by atoms with van der Waals surface area (Å²) in [5.74, 6) is 0.190. The van der Waals surface area contributed by atoms with Crippen LogP contribution in [0.25, 0.3) is 50.8 Å². The SMILES string of the molecule is CC(C)(C)c1cc(-c2cc(-c3ccc(-c4cc(C(C)(C)C)ccc4C=C/C=C\N)c(N)c3)nc(-c3ccccc3O)c2)cc(C(C)(C)C)c1. The fourth-order valence-corrected chi connectivity index (χ4v) is 5.93. The predicted octanol–water partition coefficient (Wildman–Crippen LogP) is 11.4. The second-order valence-corrected chi connectivity index (χ2v) is 16.0. The van der Waals surface area contributed by atoms with E-state index in [1.165, 1.54) is 22.9 Å². The molecule has 4 nitrogen and oxygen atoms in total. The van der Waals surface area contributed by atoms with E-state index in [-0.39, 0.29) is 22.0 Å².